The van der Waals surface area contributed by atoms with Crippen LogP contribution in [0.5, 0.6) is 0 Å². The van der Waals surface area contributed by atoms with E-state index >= 15 is 0 Å². The molecule has 3 heteroatoms. The molecule has 0 atom stereocenters. The molecule has 0 aromatic heterocycles. The summed E-state index contributed by atoms with van der Waals surface area (Å²) in [5.41, 5.74) is 0.223. The summed E-state index contributed by atoms with van der Waals surface area (Å²) < 4.78 is 0. The van der Waals surface area contributed by atoms with E-state index in [0.717, 1.165) is 26.2 Å². The van der Waals surface area contributed by atoms with Crippen LogP contribution in [-0.4, -0.2) is 41.4 Å². The zero-order valence-corrected chi connectivity index (χ0v) is 8.30. The van der Waals surface area contributed by atoms with Crippen molar-refractivity contribution in [2.75, 3.05) is 19.8 Å². The molecular weight excluding hydrogens is 152 g/mol. The molecule has 0 spiro atoms. The summed E-state index contributed by atoms with van der Waals surface area (Å²) in [7, 11) is 0. The van der Waals surface area contributed by atoms with Gasteiger partial charge in [-0.25, -0.2) is 0 Å². The molecule has 1 aliphatic heterocycles. The van der Waals surface area contributed by atoms with Crippen LogP contribution in [-0.2, 0) is 0 Å². The first-order valence-electron chi connectivity index (χ1n) is 4.69. The lowest BCUT2D eigenvalue weighted by atomic mass is 10.0. The molecule has 0 bridgehead atoms. The number of rotatable bonds is 4. The van der Waals surface area contributed by atoms with Crippen LogP contribution in [0.4, 0.5) is 0 Å². The van der Waals surface area contributed by atoms with Gasteiger partial charge < -0.3 is 5.11 Å². The van der Waals surface area contributed by atoms with E-state index in [1.165, 1.54) is 0 Å². The standard InChI is InChI=1S/C9H20N2O/c1-4-9(2,3)10-7-11-5-8(12)6-11/h8,10,12H,4-7H2,1-3H3. The Labute approximate surface area is 74.8 Å². The Morgan fingerprint density at radius 1 is 1.50 bits per heavy atom. The highest BCUT2D eigenvalue weighted by Crippen LogP contribution is 2.09. The maximum atomic E-state index is 9.04. The summed E-state index contributed by atoms with van der Waals surface area (Å²) in [5.74, 6) is 0. The van der Waals surface area contributed by atoms with Gasteiger partial charge in [-0.3, -0.25) is 10.2 Å². The number of nitrogens with one attached hydrogen (secondary N) is 1. The van der Waals surface area contributed by atoms with Crippen molar-refractivity contribution in [2.45, 2.75) is 38.8 Å². The van der Waals surface area contributed by atoms with Gasteiger partial charge in [-0.05, 0) is 20.3 Å². The fourth-order valence-corrected chi connectivity index (χ4v) is 1.12. The average molecular weight is 172 g/mol. The topological polar surface area (TPSA) is 35.5 Å². The third-order valence-electron chi connectivity index (χ3n) is 2.60. The van der Waals surface area contributed by atoms with E-state index < -0.39 is 0 Å². The van der Waals surface area contributed by atoms with Crippen LogP contribution in [0.2, 0.25) is 0 Å². The molecule has 0 radical (unpaired) electrons. The van der Waals surface area contributed by atoms with Crippen molar-refractivity contribution in [3.8, 4) is 0 Å². The summed E-state index contributed by atoms with van der Waals surface area (Å²) in [4.78, 5) is 2.21. The normalized spacial score (nSPS) is 21.0. The van der Waals surface area contributed by atoms with E-state index in [4.69, 9.17) is 5.11 Å². The molecule has 12 heavy (non-hydrogen) atoms. The van der Waals surface area contributed by atoms with Crippen molar-refractivity contribution in [1.82, 2.24) is 10.2 Å². The molecule has 0 unspecified atom stereocenters. The molecule has 1 saturated heterocycles. The van der Waals surface area contributed by atoms with Gasteiger partial charge in [0.15, 0.2) is 0 Å². The van der Waals surface area contributed by atoms with Gasteiger partial charge in [-0.1, -0.05) is 6.92 Å². The molecule has 1 fully saturated rings. The number of nitrogens with zero attached hydrogens (tertiary/aromatic N) is 1. The predicted octanol–water partition coefficient (Wildman–Crippen LogP) is 0.399. The Bertz CT molecular complexity index is 141. The molecule has 0 aromatic carbocycles. The minimum atomic E-state index is -0.0865. The highest BCUT2D eigenvalue weighted by molar-refractivity contribution is 4.81. The van der Waals surface area contributed by atoms with E-state index in [1.807, 2.05) is 0 Å². The van der Waals surface area contributed by atoms with Gasteiger partial charge in [0, 0.05) is 25.3 Å². The van der Waals surface area contributed by atoms with Crippen LogP contribution in [0, 0.1) is 0 Å². The molecule has 1 heterocycles. The van der Waals surface area contributed by atoms with Crippen molar-refractivity contribution >= 4 is 0 Å². The van der Waals surface area contributed by atoms with Crippen molar-refractivity contribution in [3.63, 3.8) is 0 Å². The van der Waals surface area contributed by atoms with E-state index in [9.17, 15) is 0 Å². The van der Waals surface area contributed by atoms with Crippen LogP contribution >= 0.6 is 0 Å². The Morgan fingerprint density at radius 3 is 2.50 bits per heavy atom. The van der Waals surface area contributed by atoms with Gasteiger partial charge in [-0.2, -0.15) is 0 Å². The highest BCUT2D eigenvalue weighted by Gasteiger charge is 2.25. The largest absolute Gasteiger partial charge is 0.390 e. The van der Waals surface area contributed by atoms with E-state index in [-0.39, 0.29) is 11.6 Å². The average Bonchev–Trinajstić information content (AvgIpc) is 1.96. The second-order valence-electron chi connectivity index (χ2n) is 4.26. The highest BCUT2D eigenvalue weighted by atomic mass is 16.3. The smallest absolute Gasteiger partial charge is 0.0794 e. The van der Waals surface area contributed by atoms with Crippen LogP contribution in [0.1, 0.15) is 27.2 Å². The molecule has 2 N–H and O–H groups in total. The summed E-state index contributed by atoms with van der Waals surface area (Å²) >= 11 is 0. The third kappa shape index (κ3) is 2.73. The third-order valence-corrected chi connectivity index (χ3v) is 2.60. The predicted molar refractivity (Wildman–Crippen MR) is 50.0 cm³/mol. The lowest BCUT2D eigenvalue weighted by Gasteiger charge is -2.38. The molecule has 0 saturated carbocycles. The maximum Gasteiger partial charge on any atom is 0.0794 e. The summed E-state index contributed by atoms with van der Waals surface area (Å²) in [6, 6.07) is 0. The van der Waals surface area contributed by atoms with Gasteiger partial charge >= 0.3 is 0 Å². The van der Waals surface area contributed by atoms with Gasteiger partial charge in [0.2, 0.25) is 0 Å². The molecule has 72 valence electrons. The number of hydrogen-bond acceptors (Lipinski definition) is 3. The maximum absolute atomic E-state index is 9.04. The summed E-state index contributed by atoms with van der Waals surface area (Å²) in [5, 5.41) is 12.5. The molecule has 3 nitrogen and oxygen atoms in total. The molecule has 1 aliphatic rings. The first-order chi connectivity index (χ1) is 5.53. The van der Waals surface area contributed by atoms with Crippen LogP contribution < -0.4 is 5.32 Å². The van der Waals surface area contributed by atoms with Crippen LogP contribution in [0.15, 0.2) is 0 Å². The van der Waals surface area contributed by atoms with Gasteiger partial charge in [0.25, 0.3) is 0 Å². The number of hydrogen-bond donors (Lipinski definition) is 2. The SMILES string of the molecule is CCC(C)(C)NCN1CC(O)C1. The number of likely N-dealkylation sites (tertiary alicyclic amines) is 1. The zero-order chi connectivity index (χ0) is 9.19. The Morgan fingerprint density at radius 2 is 2.08 bits per heavy atom. The van der Waals surface area contributed by atoms with Crippen molar-refractivity contribution in [2.24, 2.45) is 0 Å². The Balaban J connectivity index is 2.10. The lowest BCUT2D eigenvalue weighted by molar-refractivity contribution is -0.00704. The molecule has 0 aliphatic carbocycles. The fraction of sp³-hybridized carbons (Fsp3) is 1.00. The van der Waals surface area contributed by atoms with Gasteiger partial charge in [-0.15, -0.1) is 0 Å². The minimum absolute atomic E-state index is 0.0865. The number of β-amino-alcohol motifs (C(OH)–C–C–N with tert-alkyl or cyclic N) is 1. The van der Waals surface area contributed by atoms with Gasteiger partial charge in [0.05, 0.1) is 6.10 Å². The van der Waals surface area contributed by atoms with Crippen LogP contribution in [0.3, 0.4) is 0 Å². The van der Waals surface area contributed by atoms with E-state index in [1.54, 1.807) is 0 Å². The van der Waals surface area contributed by atoms with Crippen molar-refractivity contribution in [1.29, 1.82) is 0 Å². The molecule has 0 aromatic rings. The van der Waals surface area contributed by atoms with Crippen molar-refractivity contribution < 1.29 is 5.11 Å². The van der Waals surface area contributed by atoms with E-state index in [0.29, 0.717) is 0 Å². The summed E-state index contributed by atoms with van der Waals surface area (Å²) in [6.07, 6.45) is 1.04. The monoisotopic (exact) mass is 172 g/mol. The first kappa shape index (κ1) is 9.96. The van der Waals surface area contributed by atoms with E-state index in [2.05, 4.69) is 31.0 Å². The Hall–Kier alpha value is -0.120. The molecular formula is C9H20N2O. The van der Waals surface area contributed by atoms with Crippen LogP contribution in [0.25, 0.3) is 0 Å². The molecule has 1 rings (SSSR count). The zero-order valence-electron chi connectivity index (χ0n) is 8.30. The number of aliphatic hydroxyl groups excluding tert-OH is 1. The summed E-state index contributed by atoms with van der Waals surface area (Å²) in [6.45, 7) is 9.13. The van der Waals surface area contributed by atoms with Gasteiger partial charge in [0.1, 0.15) is 0 Å². The second kappa shape index (κ2) is 3.73. The minimum Gasteiger partial charge on any atom is -0.390 e. The van der Waals surface area contributed by atoms with Crippen molar-refractivity contribution in [3.05, 3.63) is 0 Å². The number of aliphatic hydroxyl groups is 1. The quantitative estimate of drug-likeness (QED) is 0.644. The lowest BCUT2D eigenvalue weighted by Crippen LogP contribution is -2.56. The fourth-order valence-electron chi connectivity index (χ4n) is 1.12. The molecule has 0 amide bonds. The second-order valence-corrected chi connectivity index (χ2v) is 4.26. The Kier molecular flexibility index (Phi) is 3.09. The first-order valence-corrected chi connectivity index (χ1v) is 4.69.